The van der Waals surface area contributed by atoms with Gasteiger partial charge in [-0.05, 0) is 69.6 Å². The van der Waals surface area contributed by atoms with Gasteiger partial charge in [-0.25, -0.2) is 0 Å². The monoisotopic (exact) mass is 606 g/mol. The number of rotatable bonds is 3. The third-order valence-corrected chi connectivity index (χ3v) is 12.1. The van der Waals surface area contributed by atoms with Gasteiger partial charge in [0.1, 0.15) is 0 Å². The van der Waals surface area contributed by atoms with Crippen LogP contribution in [-0.4, -0.2) is 0 Å². The second kappa shape index (κ2) is 9.55. The normalized spacial score (nSPS) is 11.9. The zero-order chi connectivity index (χ0) is 27.8. The van der Waals surface area contributed by atoms with Crippen molar-refractivity contribution >= 4 is 97.1 Å². The first kappa shape index (κ1) is 24.6. The molecule has 0 aliphatic rings. The van der Waals surface area contributed by atoms with Crippen molar-refractivity contribution in [3.05, 3.63) is 127 Å². The van der Waals surface area contributed by atoms with Gasteiger partial charge >= 0.3 is 0 Å². The van der Waals surface area contributed by atoms with Crippen LogP contribution in [0, 0.1) is 0 Å². The van der Waals surface area contributed by atoms with Crippen LogP contribution in [0.5, 0.6) is 0 Å². The molecule has 9 rings (SSSR count). The summed E-state index contributed by atoms with van der Waals surface area (Å²) in [5.74, 6) is 0. The summed E-state index contributed by atoms with van der Waals surface area (Å²) in [7, 11) is 0. The molecule has 0 N–H and O–H groups in total. The van der Waals surface area contributed by atoms with Gasteiger partial charge in [-0.15, -0.1) is 46.6 Å². The lowest BCUT2D eigenvalue weighted by atomic mass is 9.96. The summed E-state index contributed by atoms with van der Waals surface area (Å²) in [4.78, 5) is 0.999. The molecule has 0 saturated heterocycles. The first-order valence-corrected chi connectivity index (χ1v) is 16.8. The second-order valence-electron chi connectivity index (χ2n) is 10.7. The Bertz CT molecular complexity index is 2490. The standard InChI is InChI=1S/C38H22S4/c39-33-17-15-22(24-9-5-11-28-26-7-1-3-13-35(26)41-37(24)28)19-30(33)32-21-40-34-18-16-23(20-31(32)34)25-10-6-12-29-27-8-2-4-14-36(27)42-38(25)29/h1-21,39H. The van der Waals surface area contributed by atoms with E-state index in [0.717, 1.165) is 4.90 Å². The smallest absolute Gasteiger partial charge is 0.0433 e. The zero-order valence-electron chi connectivity index (χ0n) is 22.3. The third-order valence-electron chi connectivity index (χ3n) is 8.29. The summed E-state index contributed by atoms with van der Waals surface area (Å²) in [5, 5.41) is 8.90. The summed E-state index contributed by atoms with van der Waals surface area (Å²) in [6.45, 7) is 0. The minimum Gasteiger partial charge on any atom is -0.143 e. The van der Waals surface area contributed by atoms with E-state index in [1.165, 1.54) is 83.8 Å². The highest BCUT2D eigenvalue weighted by Crippen LogP contribution is 2.45. The molecule has 0 spiro atoms. The zero-order valence-corrected chi connectivity index (χ0v) is 25.6. The molecule has 9 aromatic rings. The number of thiol groups is 1. The molecule has 0 radical (unpaired) electrons. The van der Waals surface area contributed by atoms with E-state index in [2.05, 4.69) is 127 Å². The van der Waals surface area contributed by atoms with E-state index in [1.807, 2.05) is 22.7 Å². The molecule has 4 heteroatoms. The Morgan fingerprint density at radius 1 is 0.405 bits per heavy atom. The maximum atomic E-state index is 4.97. The highest BCUT2D eigenvalue weighted by molar-refractivity contribution is 7.80. The first-order valence-electron chi connectivity index (χ1n) is 13.9. The summed E-state index contributed by atoms with van der Waals surface area (Å²) >= 11 is 10.5. The second-order valence-corrected chi connectivity index (χ2v) is 14.2. The van der Waals surface area contributed by atoms with E-state index in [1.54, 1.807) is 11.3 Å². The number of fused-ring (bicyclic) bond motifs is 7. The molecule has 0 atom stereocenters. The maximum Gasteiger partial charge on any atom is 0.0433 e. The van der Waals surface area contributed by atoms with Crippen molar-refractivity contribution < 1.29 is 0 Å². The summed E-state index contributed by atoms with van der Waals surface area (Å²) in [6.07, 6.45) is 0. The van der Waals surface area contributed by atoms with Gasteiger partial charge in [0.05, 0.1) is 0 Å². The van der Waals surface area contributed by atoms with Gasteiger partial charge in [0.2, 0.25) is 0 Å². The van der Waals surface area contributed by atoms with Gasteiger partial charge in [0, 0.05) is 60.9 Å². The minimum absolute atomic E-state index is 0.999. The number of hydrogen-bond acceptors (Lipinski definition) is 4. The molecule has 3 aromatic heterocycles. The fraction of sp³-hybridized carbons (Fsp3) is 0. The highest BCUT2D eigenvalue weighted by Gasteiger charge is 2.16. The van der Waals surface area contributed by atoms with Crippen LogP contribution in [-0.2, 0) is 0 Å². The predicted molar refractivity (Wildman–Crippen MR) is 191 cm³/mol. The molecular weight excluding hydrogens is 585 g/mol. The van der Waals surface area contributed by atoms with Crippen molar-refractivity contribution in [2.45, 2.75) is 4.90 Å². The topological polar surface area (TPSA) is 0 Å². The Kier molecular flexibility index (Phi) is 5.60. The van der Waals surface area contributed by atoms with Gasteiger partial charge in [0.25, 0.3) is 0 Å². The molecule has 0 saturated carbocycles. The molecule has 42 heavy (non-hydrogen) atoms. The number of thiophene rings is 3. The number of benzene rings is 6. The largest absolute Gasteiger partial charge is 0.143 e. The van der Waals surface area contributed by atoms with Crippen LogP contribution in [0.4, 0.5) is 0 Å². The average Bonchev–Trinajstić information content (AvgIpc) is 3.74. The van der Waals surface area contributed by atoms with Gasteiger partial charge in [0.15, 0.2) is 0 Å². The van der Waals surface area contributed by atoms with Crippen LogP contribution in [0.3, 0.4) is 0 Å². The fourth-order valence-electron chi connectivity index (χ4n) is 6.27. The molecule has 0 aliphatic heterocycles. The van der Waals surface area contributed by atoms with E-state index >= 15 is 0 Å². The fourth-order valence-corrected chi connectivity index (χ4v) is 9.95. The number of hydrogen-bond donors (Lipinski definition) is 1. The predicted octanol–water partition coefficient (Wildman–Crippen LogP) is 12.9. The lowest BCUT2D eigenvalue weighted by Gasteiger charge is -2.10. The van der Waals surface area contributed by atoms with Crippen LogP contribution in [0.1, 0.15) is 0 Å². The lowest BCUT2D eigenvalue weighted by Crippen LogP contribution is -1.84. The molecule has 0 aliphatic carbocycles. The van der Waals surface area contributed by atoms with E-state index in [0.29, 0.717) is 0 Å². The third kappa shape index (κ3) is 3.73. The minimum atomic E-state index is 0.999. The van der Waals surface area contributed by atoms with Crippen molar-refractivity contribution in [2.24, 2.45) is 0 Å². The molecule has 0 fully saturated rings. The van der Waals surface area contributed by atoms with Gasteiger partial charge < -0.3 is 0 Å². The summed E-state index contributed by atoms with van der Waals surface area (Å²) in [5.41, 5.74) is 7.48. The maximum absolute atomic E-state index is 4.97. The van der Waals surface area contributed by atoms with Gasteiger partial charge in [-0.2, -0.15) is 0 Å². The van der Waals surface area contributed by atoms with Crippen LogP contribution < -0.4 is 0 Å². The van der Waals surface area contributed by atoms with Crippen LogP contribution in [0.2, 0.25) is 0 Å². The Morgan fingerprint density at radius 2 is 0.976 bits per heavy atom. The summed E-state index contributed by atoms with van der Waals surface area (Å²) in [6, 6.07) is 44.5. The molecule has 3 heterocycles. The van der Waals surface area contributed by atoms with Crippen LogP contribution >= 0.6 is 46.6 Å². The Hall–Kier alpha value is -3.93. The van der Waals surface area contributed by atoms with Crippen molar-refractivity contribution in [1.82, 2.24) is 0 Å². The first-order chi connectivity index (χ1) is 20.7. The van der Waals surface area contributed by atoms with E-state index in [4.69, 9.17) is 12.6 Å². The van der Waals surface area contributed by atoms with Crippen molar-refractivity contribution in [1.29, 1.82) is 0 Å². The molecule has 0 nitrogen and oxygen atoms in total. The highest BCUT2D eigenvalue weighted by atomic mass is 32.1. The summed E-state index contributed by atoms with van der Waals surface area (Å²) < 4.78 is 6.65. The average molecular weight is 607 g/mol. The Morgan fingerprint density at radius 3 is 1.64 bits per heavy atom. The van der Waals surface area contributed by atoms with Crippen molar-refractivity contribution in [3.8, 4) is 33.4 Å². The van der Waals surface area contributed by atoms with Crippen LogP contribution in [0.15, 0.2) is 132 Å². The Balaban J connectivity index is 1.22. The van der Waals surface area contributed by atoms with Crippen LogP contribution in [0.25, 0.3) is 83.8 Å². The van der Waals surface area contributed by atoms with Gasteiger partial charge in [-0.1, -0.05) is 84.9 Å². The van der Waals surface area contributed by atoms with E-state index < -0.39 is 0 Å². The lowest BCUT2D eigenvalue weighted by molar-refractivity contribution is 1.47. The molecule has 0 unspecified atom stereocenters. The van der Waals surface area contributed by atoms with Gasteiger partial charge in [-0.3, -0.25) is 0 Å². The molecular formula is C38H22S4. The van der Waals surface area contributed by atoms with E-state index in [-0.39, 0.29) is 0 Å². The van der Waals surface area contributed by atoms with E-state index in [9.17, 15) is 0 Å². The quantitative estimate of drug-likeness (QED) is 0.190. The molecule has 0 bridgehead atoms. The molecule has 198 valence electrons. The SMILES string of the molecule is Sc1ccc(-c2cccc3c2sc2ccccc23)cc1-c1csc2ccc(-c3cccc4c3sc3ccccc34)cc12. The molecule has 6 aromatic carbocycles. The van der Waals surface area contributed by atoms with Crippen molar-refractivity contribution in [2.75, 3.05) is 0 Å². The van der Waals surface area contributed by atoms with Crippen molar-refractivity contribution in [3.63, 3.8) is 0 Å². The molecule has 0 amide bonds. The Labute approximate surface area is 260 Å².